The zero-order chi connectivity index (χ0) is 8.55. The summed E-state index contributed by atoms with van der Waals surface area (Å²) in [6, 6.07) is 3.83. The molecule has 2 rings (SSSR count). The summed E-state index contributed by atoms with van der Waals surface area (Å²) in [5.41, 5.74) is 7.38. The second-order valence-electron chi connectivity index (χ2n) is 2.62. The Bertz CT molecular complexity index is 408. The maximum atomic E-state index is 5.96. The summed E-state index contributed by atoms with van der Waals surface area (Å²) < 4.78 is 0. The van der Waals surface area contributed by atoms with Crippen LogP contribution in [0.4, 0.5) is 0 Å². The number of halogens is 1. The second kappa shape index (κ2) is 2.77. The first-order valence-electron chi connectivity index (χ1n) is 3.63. The van der Waals surface area contributed by atoms with Gasteiger partial charge < -0.3 is 5.73 Å². The molecule has 3 N–H and O–H groups in total. The quantitative estimate of drug-likeness (QED) is 0.703. The predicted molar refractivity (Wildman–Crippen MR) is 49.0 cm³/mol. The number of aromatic nitrogens is 2. The number of nitrogens with zero attached hydrogens (tertiary/aromatic N) is 1. The fraction of sp³-hybridized carbons (Fsp3) is 0.125. The third kappa shape index (κ3) is 1.07. The van der Waals surface area contributed by atoms with Crippen molar-refractivity contribution in [1.29, 1.82) is 0 Å². The Morgan fingerprint density at radius 3 is 3.08 bits per heavy atom. The molecule has 1 aromatic carbocycles. The maximum Gasteiger partial charge on any atom is 0.0836 e. The van der Waals surface area contributed by atoms with Gasteiger partial charge in [0.1, 0.15) is 0 Å². The zero-order valence-electron chi connectivity index (χ0n) is 6.34. The lowest BCUT2D eigenvalue weighted by Crippen LogP contribution is -1.95. The van der Waals surface area contributed by atoms with Crippen molar-refractivity contribution in [3.8, 4) is 0 Å². The lowest BCUT2D eigenvalue weighted by Gasteiger charge is -1.98. The molecule has 1 heterocycles. The van der Waals surface area contributed by atoms with Crippen molar-refractivity contribution < 1.29 is 0 Å². The number of nitrogens with two attached hydrogens (primary N) is 1. The fourth-order valence-electron chi connectivity index (χ4n) is 1.19. The average Bonchev–Trinajstić information content (AvgIpc) is 2.52. The minimum atomic E-state index is 0.501. The summed E-state index contributed by atoms with van der Waals surface area (Å²) in [4.78, 5) is 0. The molecule has 0 amide bonds. The number of benzene rings is 1. The van der Waals surface area contributed by atoms with Crippen molar-refractivity contribution in [3.05, 3.63) is 28.9 Å². The Balaban J connectivity index is 2.75. The molecule has 4 heteroatoms. The Labute approximate surface area is 74.5 Å². The van der Waals surface area contributed by atoms with E-state index in [1.54, 1.807) is 6.20 Å². The molecule has 0 fully saturated rings. The largest absolute Gasteiger partial charge is 0.326 e. The van der Waals surface area contributed by atoms with Gasteiger partial charge in [-0.15, -0.1) is 0 Å². The molecule has 0 radical (unpaired) electrons. The first-order chi connectivity index (χ1) is 5.81. The molecule has 3 nitrogen and oxygen atoms in total. The fourth-order valence-corrected chi connectivity index (χ4v) is 1.48. The highest BCUT2D eigenvalue weighted by molar-refractivity contribution is 6.35. The molecule has 2 aromatic rings. The molecule has 0 bridgehead atoms. The number of H-pyrrole nitrogens is 1. The first kappa shape index (κ1) is 7.58. The van der Waals surface area contributed by atoms with E-state index in [0.29, 0.717) is 11.6 Å². The van der Waals surface area contributed by atoms with E-state index in [1.807, 2.05) is 12.1 Å². The highest BCUT2D eigenvalue weighted by Crippen LogP contribution is 2.22. The van der Waals surface area contributed by atoms with Crippen LogP contribution in [0.5, 0.6) is 0 Å². The van der Waals surface area contributed by atoms with E-state index < -0.39 is 0 Å². The number of hydrogen-bond donors (Lipinski definition) is 2. The second-order valence-corrected chi connectivity index (χ2v) is 3.02. The van der Waals surface area contributed by atoms with Crippen LogP contribution in [-0.4, -0.2) is 10.2 Å². The van der Waals surface area contributed by atoms with E-state index in [4.69, 9.17) is 17.3 Å². The van der Waals surface area contributed by atoms with Crippen molar-refractivity contribution >= 4 is 22.5 Å². The van der Waals surface area contributed by atoms with Crippen molar-refractivity contribution in [2.45, 2.75) is 6.54 Å². The number of rotatable bonds is 1. The van der Waals surface area contributed by atoms with Crippen molar-refractivity contribution in [2.24, 2.45) is 5.73 Å². The summed E-state index contributed by atoms with van der Waals surface area (Å²) in [6.07, 6.45) is 1.74. The first-order valence-corrected chi connectivity index (χ1v) is 4.00. The SMILES string of the molecule is NCc1cc(Cl)c2[nH]ncc2c1. The van der Waals surface area contributed by atoms with Crippen molar-refractivity contribution in [1.82, 2.24) is 10.2 Å². The summed E-state index contributed by atoms with van der Waals surface area (Å²) in [7, 11) is 0. The van der Waals surface area contributed by atoms with E-state index >= 15 is 0 Å². The van der Waals surface area contributed by atoms with Gasteiger partial charge in [-0.1, -0.05) is 11.6 Å². The molecule has 0 spiro atoms. The van der Waals surface area contributed by atoms with Gasteiger partial charge in [-0.2, -0.15) is 5.10 Å². The zero-order valence-corrected chi connectivity index (χ0v) is 7.10. The average molecular weight is 182 g/mol. The molecule has 0 saturated carbocycles. The van der Waals surface area contributed by atoms with Gasteiger partial charge in [0.2, 0.25) is 0 Å². The monoisotopic (exact) mass is 181 g/mol. The standard InChI is InChI=1S/C8H8ClN3/c9-7-2-5(3-10)1-6-4-11-12-8(6)7/h1-2,4H,3,10H2,(H,11,12). The summed E-state index contributed by atoms with van der Waals surface area (Å²) in [5, 5.41) is 8.38. The normalized spacial score (nSPS) is 10.8. The third-order valence-electron chi connectivity index (χ3n) is 1.80. The maximum absolute atomic E-state index is 5.96. The van der Waals surface area contributed by atoms with Gasteiger partial charge >= 0.3 is 0 Å². The van der Waals surface area contributed by atoms with Crippen LogP contribution < -0.4 is 5.73 Å². The molecular weight excluding hydrogens is 174 g/mol. The van der Waals surface area contributed by atoms with Crippen LogP contribution in [0.3, 0.4) is 0 Å². The molecule has 0 saturated heterocycles. The highest BCUT2D eigenvalue weighted by atomic mass is 35.5. The van der Waals surface area contributed by atoms with Gasteiger partial charge in [-0.25, -0.2) is 0 Å². The molecule has 12 heavy (non-hydrogen) atoms. The minimum absolute atomic E-state index is 0.501. The highest BCUT2D eigenvalue weighted by Gasteiger charge is 2.02. The summed E-state index contributed by atoms with van der Waals surface area (Å²) in [6.45, 7) is 0.501. The van der Waals surface area contributed by atoms with Crippen LogP contribution in [0, 0.1) is 0 Å². The summed E-state index contributed by atoms with van der Waals surface area (Å²) in [5.74, 6) is 0. The Kier molecular flexibility index (Phi) is 1.75. The van der Waals surface area contributed by atoms with E-state index in [0.717, 1.165) is 16.5 Å². The van der Waals surface area contributed by atoms with Crippen LogP contribution in [0.15, 0.2) is 18.3 Å². The van der Waals surface area contributed by atoms with Gasteiger partial charge in [-0.05, 0) is 17.7 Å². The lowest BCUT2D eigenvalue weighted by molar-refractivity contribution is 1.07. The van der Waals surface area contributed by atoms with Gasteiger partial charge in [0.25, 0.3) is 0 Å². The van der Waals surface area contributed by atoms with E-state index in [9.17, 15) is 0 Å². The minimum Gasteiger partial charge on any atom is -0.326 e. The molecule has 0 aliphatic rings. The van der Waals surface area contributed by atoms with Gasteiger partial charge in [0.15, 0.2) is 0 Å². The molecule has 0 aliphatic carbocycles. The Hall–Kier alpha value is -1.06. The Morgan fingerprint density at radius 2 is 2.33 bits per heavy atom. The molecule has 1 aromatic heterocycles. The lowest BCUT2D eigenvalue weighted by atomic mass is 10.1. The van der Waals surface area contributed by atoms with Gasteiger partial charge in [-0.3, -0.25) is 5.10 Å². The van der Waals surface area contributed by atoms with Crippen LogP contribution >= 0.6 is 11.6 Å². The van der Waals surface area contributed by atoms with Crippen molar-refractivity contribution in [2.75, 3.05) is 0 Å². The molecule has 0 atom stereocenters. The van der Waals surface area contributed by atoms with Crippen LogP contribution in [0.2, 0.25) is 5.02 Å². The summed E-state index contributed by atoms with van der Waals surface area (Å²) >= 11 is 5.96. The Morgan fingerprint density at radius 1 is 1.50 bits per heavy atom. The molecular formula is C8H8ClN3. The van der Waals surface area contributed by atoms with E-state index in [1.165, 1.54) is 0 Å². The molecule has 0 unspecified atom stereocenters. The van der Waals surface area contributed by atoms with Crippen molar-refractivity contribution in [3.63, 3.8) is 0 Å². The van der Waals surface area contributed by atoms with E-state index in [-0.39, 0.29) is 0 Å². The number of nitrogens with one attached hydrogen (secondary N) is 1. The van der Waals surface area contributed by atoms with Crippen LogP contribution in [-0.2, 0) is 6.54 Å². The van der Waals surface area contributed by atoms with Gasteiger partial charge in [0.05, 0.1) is 16.7 Å². The molecule has 62 valence electrons. The number of hydrogen-bond acceptors (Lipinski definition) is 2. The van der Waals surface area contributed by atoms with E-state index in [2.05, 4.69) is 10.2 Å². The third-order valence-corrected chi connectivity index (χ3v) is 2.09. The van der Waals surface area contributed by atoms with Crippen LogP contribution in [0.25, 0.3) is 10.9 Å². The smallest absolute Gasteiger partial charge is 0.0836 e. The van der Waals surface area contributed by atoms with Crippen LogP contribution in [0.1, 0.15) is 5.56 Å². The topological polar surface area (TPSA) is 54.7 Å². The number of aromatic amines is 1. The molecule has 0 aliphatic heterocycles. The number of fused-ring (bicyclic) bond motifs is 1. The predicted octanol–water partition coefficient (Wildman–Crippen LogP) is 1.67. The van der Waals surface area contributed by atoms with Gasteiger partial charge in [0, 0.05) is 11.9 Å².